The van der Waals surface area contributed by atoms with E-state index in [1.807, 2.05) is 38.2 Å². The van der Waals surface area contributed by atoms with Crippen molar-refractivity contribution in [2.24, 2.45) is 0 Å². The molecule has 1 heterocycles. The predicted octanol–water partition coefficient (Wildman–Crippen LogP) is 3.82. The fourth-order valence-electron chi connectivity index (χ4n) is 1.68. The van der Waals surface area contributed by atoms with Crippen molar-refractivity contribution in [2.45, 2.75) is 13.0 Å². The highest BCUT2D eigenvalue weighted by molar-refractivity contribution is 9.10. The van der Waals surface area contributed by atoms with E-state index in [-0.39, 0.29) is 36.8 Å². The van der Waals surface area contributed by atoms with Gasteiger partial charge in [-0.2, -0.15) is 0 Å². The van der Waals surface area contributed by atoms with E-state index in [9.17, 15) is 4.79 Å². The third-order valence-corrected chi connectivity index (χ3v) is 3.57. The summed E-state index contributed by atoms with van der Waals surface area (Å²) in [4.78, 5) is 16.1. The lowest BCUT2D eigenvalue weighted by Crippen LogP contribution is -2.37. The van der Waals surface area contributed by atoms with E-state index < -0.39 is 0 Å². The number of pyridine rings is 1. The zero-order chi connectivity index (χ0) is 15.9. The Morgan fingerprint density at radius 2 is 2.04 bits per heavy atom. The molecule has 0 saturated heterocycles. The molecule has 2 rings (SSSR count). The minimum atomic E-state index is -0.149. The Balaban J connectivity index is 0.00000264. The number of likely N-dealkylation sites (N-methyl/N-ethyl adjacent to an activating group) is 1. The second kappa shape index (κ2) is 11.3. The van der Waals surface area contributed by atoms with Gasteiger partial charge in [-0.15, -0.1) is 24.8 Å². The first-order valence-corrected chi connectivity index (χ1v) is 7.72. The molecule has 0 aliphatic rings. The molecule has 0 fully saturated rings. The number of ether oxygens (including phenoxy) is 1. The van der Waals surface area contributed by atoms with Crippen LogP contribution in [-0.4, -0.2) is 30.5 Å². The number of nitrogens with one attached hydrogen (secondary N) is 2. The number of carbonyl (C=O) groups is 1. The van der Waals surface area contributed by atoms with Crippen LogP contribution in [0.2, 0.25) is 0 Å². The highest BCUT2D eigenvalue weighted by Gasteiger charge is 2.08. The normalized spacial score (nSPS) is 10.8. The van der Waals surface area contributed by atoms with Gasteiger partial charge in [0.1, 0.15) is 5.75 Å². The maximum absolute atomic E-state index is 12.0. The molecule has 0 saturated carbocycles. The van der Waals surface area contributed by atoms with Crippen LogP contribution in [0.1, 0.15) is 17.3 Å². The van der Waals surface area contributed by atoms with Gasteiger partial charge in [-0.05, 0) is 38.2 Å². The SMILES string of the molecule is CNC(C)CNC(=O)c1ccc(Oc2cccc(Br)c2)nc1.Cl.Cl. The molecule has 2 aromatic rings. The van der Waals surface area contributed by atoms with Crippen molar-refractivity contribution in [3.05, 3.63) is 52.6 Å². The summed E-state index contributed by atoms with van der Waals surface area (Å²) in [6, 6.07) is 11.1. The lowest BCUT2D eigenvalue weighted by Gasteiger charge is -2.11. The Hall–Kier alpha value is -1.34. The standard InChI is InChI=1S/C16H18BrN3O2.2ClH/c1-11(18-2)9-20-16(21)12-6-7-15(19-10-12)22-14-5-3-4-13(17)8-14;;/h3-8,10-11,18H,9H2,1-2H3,(H,20,21);2*1H. The first kappa shape index (κ1) is 22.7. The van der Waals surface area contributed by atoms with Crippen molar-refractivity contribution in [2.75, 3.05) is 13.6 Å². The fraction of sp³-hybridized carbons (Fsp3) is 0.250. The molecule has 8 heteroatoms. The molecule has 0 bridgehead atoms. The number of carbonyl (C=O) groups excluding carboxylic acids is 1. The molecule has 132 valence electrons. The lowest BCUT2D eigenvalue weighted by molar-refractivity contribution is 0.0950. The zero-order valence-corrected chi connectivity index (χ0v) is 16.5. The van der Waals surface area contributed by atoms with Gasteiger partial charge in [0.05, 0.1) is 5.56 Å². The van der Waals surface area contributed by atoms with Crippen LogP contribution < -0.4 is 15.4 Å². The molecule has 1 unspecified atom stereocenters. The molecule has 24 heavy (non-hydrogen) atoms. The Kier molecular flexibility index (Phi) is 10.6. The van der Waals surface area contributed by atoms with Crippen LogP contribution in [0.4, 0.5) is 0 Å². The number of aromatic nitrogens is 1. The molecule has 0 aliphatic heterocycles. The number of hydrogen-bond donors (Lipinski definition) is 2. The summed E-state index contributed by atoms with van der Waals surface area (Å²) in [6.45, 7) is 2.55. The van der Waals surface area contributed by atoms with Crippen LogP contribution in [0.5, 0.6) is 11.6 Å². The van der Waals surface area contributed by atoms with Gasteiger partial charge in [0.15, 0.2) is 0 Å². The van der Waals surface area contributed by atoms with Crippen LogP contribution in [-0.2, 0) is 0 Å². The van der Waals surface area contributed by atoms with E-state index >= 15 is 0 Å². The number of benzene rings is 1. The minimum Gasteiger partial charge on any atom is -0.439 e. The van der Waals surface area contributed by atoms with E-state index in [1.54, 1.807) is 12.1 Å². The van der Waals surface area contributed by atoms with Gasteiger partial charge >= 0.3 is 0 Å². The van der Waals surface area contributed by atoms with Gasteiger partial charge in [0.2, 0.25) is 5.88 Å². The zero-order valence-electron chi connectivity index (χ0n) is 13.3. The van der Waals surface area contributed by atoms with E-state index in [0.717, 1.165) is 4.47 Å². The Bertz CT molecular complexity index is 641. The highest BCUT2D eigenvalue weighted by atomic mass is 79.9. The molecule has 1 atom stereocenters. The number of rotatable bonds is 6. The Morgan fingerprint density at radius 1 is 1.29 bits per heavy atom. The number of halogens is 3. The second-order valence-electron chi connectivity index (χ2n) is 4.84. The molecule has 0 radical (unpaired) electrons. The van der Waals surface area contributed by atoms with Gasteiger partial charge in [0.25, 0.3) is 5.91 Å². The Morgan fingerprint density at radius 3 is 2.62 bits per heavy atom. The average molecular weight is 437 g/mol. The van der Waals surface area contributed by atoms with Crippen LogP contribution in [0.3, 0.4) is 0 Å². The molecular weight excluding hydrogens is 417 g/mol. The van der Waals surface area contributed by atoms with E-state index in [1.165, 1.54) is 6.20 Å². The molecule has 0 aliphatic carbocycles. The predicted molar refractivity (Wildman–Crippen MR) is 104 cm³/mol. The quantitative estimate of drug-likeness (QED) is 0.722. The summed E-state index contributed by atoms with van der Waals surface area (Å²) >= 11 is 3.38. The highest BCUT2D eigenvalue weighted by Crippen LogP contribution is 2.22. The third-order valence-electron chi connectivity index (χ3n) is 3.08. The molecule has 5 nitrogen and oxygen atoms in total. The molecule has 1 amide bonds. The minimum absolute atomic E-state index is 0. The van der Waals surface area contributed by atoms with Gasteiger partial charge < -0.3 is 15.4 Å². The van der Waals surface area contributed by atoms with Crippen molar-refractivity contribution in [3.63, 3.8) is 0 Å². The summed E-state index contributed by atoms with van der Waals surface area (Å²) in [6.07, 6.45) is 1.51. The number of amides is 1. The topological polar surface area (TPSA) is 63.2 Å². The summed E-state index contributed by atoms with van der Waals surface area (Å²) in [5.41, 5.74) is 0.505. The van der Waals surface area contributed by atoms with Crippen LogP contribution in [0, 0.1) is 0 Å². The van der Waals surface area contributed by atoms with Gasteiger partial charge in [-0.1, -0.05) is 22.0 Å². The largest absolute Gasteiger partial charge is 0.439 e. The molecule has 1 aromatic heterocycles. The number of hydrogen-bond acceptors (Lipinski definition) is 4. The van der Waals surface area contributed by atoms with Gasteiger partial charge in [-0.25, -0.2) is 4.98 Å². The van der Waals surface area contributed by atoms with Crippen molar-refractivity contribution >= 4 is 46.7 Å². The first-order valence-electron chi connectivity index (χ1n) is 6.93. The first-order chi connectivity index (χ1) is 10.6. The van der Waals surface area contributed by atoms with Gasteiger partial charge in [-0.3, -0.25) is 4.79 Å². The second-order valence-corrected chi connectivity index (χ2v) is 5.76. The van der Waals surface area contributed by atoms with Crippen molar-refractivity contribution < 1.29 is 9.53 Å². The van der Waals surface area contributed by atoms with Crippen molar-refractivity contribution in [1.82, 2.24) is 15.6 Å². The maximum atomic E-state index is 12.0. The molecular formula is C16H20BrCl2N3O2. The molecule has 1 aromatic carbocycles. The van der Waals surface area contributed by atoms with Gasteiger partial charge in [0, 0.05) is 29.3 Å². The van der Waals surface area contributed by atoms with E-state index in [4.69, 9.17) is 4.74 Å². The van der Waals surface area contributed by atoms with E-state index in [2.05, 4.69) is 31.5 Å². The number of nitrogens with zero attached hydrogens (tertiary/aromatic N) is 1. The Labute approximate surface area is 162 Å². The fourth-order valence-corrected chi connectivity index (χ4v) is 2.05. The van der Waals surface area contributed by atoms with Crippen LogP contribution >= 0.6 is 40.7 Å². The average Bonchev–Trinajstić information content (AvgIpc) is 2.53. The monoisotopic (exact) mass is 435 g/mol. The smallest absolute Gasteiger partial charge is 0.252 e. The van der Waals surface area contributed by atoms with Crippen LogP contribution in [0.25, 0.3) is 0 Å². The summed E-state index contributed by atoms with van der Waals surface area (Å²) in [7, 11) is 1.85. The summed E-state index contributed by atoms with van der Waals surface area (Å²) < 4.78 is 6.56. The molecule has 2 N–H and O–H groups in total. The van der Waals surface area contributed by atoms with Crippen molar-refractivity contribution in [1.29, 1.82) is 0 Å². The molecule has 0 spiro atoms. The summed E-state index contributed by atoms with van der Waals surface area (Å²) in [5.74, 6) is 0.976. The summed E-state index contributed by atoms with van der Waals surface area (Å²) in [5, 5.41) is 5.90. The van der Waals surface area contributed by atoms with E-state index in [0.29, 0.717) is 23.7 Å². The van der Waals surface area contributed by atoms with Crippen LogP contribution in [0.15, 0.2) is 47.1 Å². The van der Waals surface area contributed by atoms with Crippen molar-refractivity contribution in [3.8, 4) is 11.6 Å². The third kappa shape index (κ3) is 7.05. The maximum Gasteiger partial charge on any atom is 0.252 e. The lowest BCUT2D eigenvalue weighted by atomic mass is 10.2.